The molecule has 0 aromatic carbocycles. The number of carbonyl (C=O) groups is 1. The lowest BCUT2D eigenvalue weighted by atomic mass is 10.2. The molecule has 0 atom stereocenters. The number of anilines is 2. The predicted octanol–water partition coefficient (Wildman–Crippen LogP) is 0.625. The van der Waals surface area contributed by atoms with Crippen LogP contribution in [0.5, 0.6) is 0 Å². The number of hydrogen-bond donors (Lipinski definition) is 2. The van der Waals surface area contributed by atoms with Crippen molar-refractivity contribution in [1.29, 1.82) is 0 Å². The second-order valence-electron chi connectivity index (χ2n) is 1.93. The van der Waals surface area contributed by atoms with Gasteiger partial charge in [-0.3, -0.25) is 4.79 Å². The molecule has 1 heterocycles. The van der Waals surface area contributed by atoms with Gasteiger partial charge < -0.3 is 11.5 Å². The summed E-state index contributed by atoms with van der Waals surface area (Å²) >= 11 is 5.18. The van der Waals surface area contributed by atoms with Crippen molar-refractivity contribution in [3.8, 4) is 0 Å². The molecule has 0 bridgehead atoms. The first-order valence-corrected chi connectivity index (χ1v) is 3.20. The van der Waals surface area contributed by atoms with Gasteiger partial charge in [0.05, 0.1) is 11.3 Å². The van der Waals surface area contributed by atoms with Crippen LogP contribution in [0.3, 0.4) is 0 Å². The summed E-state index contributed by atoms with van der Waals surface area (Å²) in [4.78, 5) is 14.3. The van der Waals surface area contributed by atoms with Crippen LogP contribution in [0.2, 0.25) is 0 Å². The maximum atomic E-state index is 10.6. The highest BCUT2D eigenvalue weighted by atomic mass is 35.5. The van der Waals surface area contributed by atoms with Crippen LogP contribution in [0.15, 0.2) is 12.3 Å². The van der Waals surface area contributed by atoms with Crippen molar-refractivity contribution >= 4 is 28.3 Å². The number of nitrogens with zero attached hydrogens (tertiary/aromatic N) is 1. The molecule has 0 aliphatic heterocycles. The molecule has 1 aromatic heterocycles. The number of pyridine rings is 1. The smallest absolute Gasteiger partial charge is 0.254 e. The molecule has 1 aromatic rings. The Morgan fingerprint density at radius 3 is 2.64 bits per heavy atom. The van der Waals surface area contributed by atoms with Gasteiger partial charge in [-0.25, -0.2) is 4.98 Å². The van der Waals surface area contributed by atoms with E-state index >= 15 is 0 Å². The van der Waals surface area contributed by atoms with E-state index in [-0.39, 0.29) is 17.1 Å². The van der Waals surface area contributed by atoms with E-state index in [9.17, 15) is 4.79 Å². The Bertz CT molecular complexity index is 300. The Labute approximate surface area is 68.2 Å². The molecular formula is C6H6ClN3O. The molecule has 4 nitrogen and oxygen atoms in total. The van der Waals surface area contributed by atoms with Gasteiger partial charge in [0.25, 0.3) is 5.24 Å². The molecular weight excluding hydrogens is 166 g/mol. The third kappa shape index (κ3) is 1.40. The van der Waals surface area contributed by atoms with Gasteiger partial charge in [0.2, 0.25) is 0 Å². The monoisotopic (exact) mass is 171 g/mol. The zero-order chi connectivity index (χ0) is 8.43. The highest BCUT2D eigenvalue weighted by Gasteiger charge is 2.08. The summed E-state index contributed by atoms with van der Waals surface area (Å²) in [7, 11) is 0. The van der Waals surface area contributed by atoms with Gasteiger partial charge in [-0.2, -0.15) is 0 Å². The second-order valence-corrected chi connectivity index (χ2v) is 2.27. The van der Waals surface area contributed by atoms with Gasteiger partial charge in [0.15, 0.2) is 0 Å². The van der Waals surface area contributed by atoms with Gasteiger partial charge in [-0.05, 0) is 17.7 Å². The highest BCUT2D eigenvalue weighted by molar-refractivity contribution is 6.68. The van der Waals surface area contributed by atoms with Crippen LogP contribution in [0.1, 0.15) is 10.4 Å². The number of rotatable bonds is 1. The van der Waals surface area contributed by atoms with E-state index in [1.54, 1.807) is 0 Å². The number of carbonyl (C=O) groups excluding carboxylic acids is 1. The zero-order valence-electron chi connectivity index (χ0n) is 5.54. The number of hydrogen-bond acceptors (Lipinski definition) is 4. The van der Waals surface area contributed by atoms with Crippen molar-refractivity contribution in [2.24, 2.45) is 0 Å². The van der Waals surface area contributed by atoms with Crippen molar-refractivity contribution in [2.45, 2.75) is 0 Å². The third-order valence-electron chi connectivity index (χ3n) is 1.23. The molecule has 0 fully saturated rings. The Morgan fingerprint density at radius 2 is 2.18 bits per heavy atom. The number of aromatic nitrogens is 1. The largest absolute Gasteiger partial charge is 0.395 e. The number of nitrogen functional groups attached to an aromatic ring is 2. The molecule has 58 valence electrons. The fraction of sp³-hybridized carbons (Fsp3) is 0. The van der Waals surface area contributed by atoms with Gasteiger partial charge in [0, 0.05) is 6.20 Å². The molecule has 0 aliphatic rings. The molecule has 0 saturated carbocycles. The number of nitrogens with two attached hydrogens (primary N) is 2. The summed E-state index contributed by atoms with van der Waals surface area (Å²) in [5.74, 6) is 0.122. The van der Waals surface area contributed by atoms with E-state index in [4.69, 9.17) is 23.1 Å². The fourth-order valence-electron chi connectivity index (χ4n) is 0.661. The van der Waals surface area contributed by atoms with Crippen molar-refractivity contribution in [1.82, 2.24) is 4.98 Å². The quantitative estimate of drug-likeness (QED) is 0.607. The Balaban J connectivity index is 3.27. The van der Waals surface area contributed by atoms with Gasteiger partial charge in [-0.1, -0.05) is 0 Å². The second kappa shape index (κ2) is 2.75. The van der Waals surface area contributed by atoms with Crippen LogP contribution in [0, 0.1) is 0 Å². The van der Waals surface area contributed by atoms with Gasteiger partial charge in [0.1, 0.15) is 5.82 Å². The maximum absolute atomic E-state index is 10.6. The van der Waals surface area contributed by atoms with Crippen LogP contribution in [0.4, 0.5) is 11.5 Å². The average Bonchev–Trinajstić information content (AvgIpc) is 1.94. The normalized spacial score (nSPS) is 9.55. The summed E-state index contributed by atoms with van der Waals surface area (Å²) in [6, 6.07) is 1.42. The lowest BCUT2D eigenvalue weighted by Crippen LogP contribution is -2.03. The predicted molar refractivity (Wildman–Crippen MR) is 43.2 cm³/mol. The molecule has 0 saturated heterocycles. The van der Waals surface area contributed by atoms with Crippen molar-refractivity contribution in [3.05, 3.63) is 17.8 Å². The topological polar surface area (TPSA) is 82.0 Å². The molecule has 11 heavy (non-hydrogen) atoms. The first kappa shape index (κ1) is 7.81. The van der Waals surface area contributed by atoms with E-state index in [1.807, 2.05) is 0 Å². The average molecular weight is 172 g/mol. The molecule has 0 aliphatic carbocycles. The first-order valence-electron chi connectivity index (χ1n) is 2.82. The summed E-state index contributed by atoms with van der Waals surface area (Å²) in [5, 5.41) is -0.628. The Morgan fingerprint density at radius 1 is 1.55 bits per heavy atom. The summed E-state index contributed by atoms with van der Waals surface area (Å²) in [6.07, 6.45) is 1.38. The molecule has 1 rings (SSSR count). The van der Waals surface area contributed by atoms with Gasteiger partial charge in [-0.15, -0.1) is 0 Å². The van der Waals surface area contributed by atoms with Crippen LogP contribution < -0.4 is 11.5 Å². The molecule has 4 N–H and O–H groups in total. The minimum Gasteiger partial charge on any atom is -0.395 e. The van der Waals surface area contributed by atoms with E-state index in [2.05, 4.69) is 4.98 Å². The van der Waals surface area contributed by atoms with Crippen LogP contribution in [0.25, 0.3) is 0 Å². The molecule has 0 amide bonds. The summed E-state index contributed by atoms with van der Waals surface area (Å²) in [6.45, 7) is 0. The van der Waals surface area contributed by atoms with Crippen molar-refractivity contribution in [3.63, 3.8) is 0 Å². The van der Waals surface area contributed by atoms with Crippen molar-refractivity contribution in [2.75, 3.05) is 11.5 Å². The standard InChI is InChI=1S/C6H6ClN3O/c7-5(11)3-1-2-10-6(9)4(3)8/h1-2H,8H2,(H2,9,10). The van der Waals surface area contributed by atoms with E-state index in [0.29, 0.717) is 0 Å². The first-order chi connectivity index (χ1) is 5.13. The molecule has 5 heteroatoms. The SMILES string of the molecule is Nc1nccc(C(=O)Cl)c1N. The van der Waals surface area contributed by atoms with Gasteiger partial charge >= 0.3 is 0 Å². The minimum atomic E-state index is -0.628. The Kier molecular flexibility index (Phi) is 1.96. The van der Waals surface area contributed by atoms with Crippen LogP contribution in [-0.2, 0) is 0 Å². The minimum absolute atomic E-state index is 0.122. The lowest BCUT2D eigenvalue weighted by molar-refractivity contribution is 0.108. The lowest BCUT2D eigenvalue weighted by Gasteiger charge is -2.00. The molecule has 0 spiro atoms. The Hall–Kier alpha value is -1.29. The van der Waals surface area contributed by atoms with Crippen LogP contribution >= 0.6 is 11.6 Å². The van der Waals surface area contributed by atoms with Crippen molar-refractivity contribution < 1.29 is 4.79 Å². The third-order valence-corrected chi connectivity index (χ3v) is 1.44. The van der Waals surface area contributed by atoms with E-state index in [0.717, 1.165) is 0 Å². The van der Waals surface area contributed by atoms with E-state index in [1.165, 1.54) is 12.3 Å². The fourth-order valence-corrected chi connectivity index (χ4v) is 0.826. The molecule has 0 radical (unpaired) electrons. The van der Waals surface area contributed by atoms with E-state index < -0.39 is 5.24 Å². The summed E-state index contributed by atoms with van der Waals surface area (Å²) < 4.78 is 0. The number of halogens is 1. The summed E-state index contributed by atoms with van der Waals surface area (Å²) in [5.41, 5.74) is 11.0. The molecule has 0 unspecified atom stereocenters. The van der Waals surface area contributed by atoms with Crippen LogP contribution in [-0.4, -0.2) is 10.2 Å². The zero-order valence-corrected chi connectivity index (χ0v) is 6.30. The highest BCUT2D eigenvalue weighted by Crippen LogP contribution is 2.17. The maximum Gasteiger partial charge on any atom is 0.254 e.